The minimum absolute atomic E-state index is 0.0817. The summed E-state index contributed by atoms with van der Waals surface area (Å²) < 4.78 is 43.6. The quantitative estimate of drug-likeness (QED) is 0.543. The van der Waals surface area contributed by atoms with Crippen molar-refractivity contribution in [2.75, 3.05) is 30.3 Å². The number of carbonyl (C=O) groups is 1. The number of rotatable bonds is 10. The molecule has 2 aromatic rings. The van der Waals surface area contributed by atoms with Crippen LogP contribution in [0, 0.1) is 5.82 Å². The topological polar surface area (TPSA) is 75.7 Å². The summed E-state index contributed by atoms with van der Waals surface area (Å²) in [6.45, 7) is 0.579. The first kappa shape index (κ1) is 23.3. The van der Waals surface area contributed by atoms with Gasteiger partial charge in [-0.05, 0) is 48.9 Å². The molecule has 0 aliphatic rings. The molecule has 10 heteroatoms. The Morgan fingerprint density at radius 3 is 2.52 bits per heavy atom. The first-order chi connectivity index (χ1) is 13.7. The van der Waals surface area contributed by atoms with Gasteiger partial charge in [0.2, 0.25) is 15.9 Å². The van der Waals surface area contributed by atoms with Gasteiger partial charge in [0.25, 0.3) is 0 Å². The van der Waals surface area contributed by atoms with Crippen LogP contribution >= 0.6 is 23.2 Å². The third-order valence-corrected chi connectivity index (χ3v) is 5.58. The van der Waals surface area contributed by atoms with Crippen LogP contribution in [0.4, 0.5) is 10.1 Å². The van der Waals surface area contributed by atoms with Crippen LogP contribution in [0.2, 0.25) is 10.0 Å². The summed E-state index contributed by atoms with van der Waals surface area (Å²) in [6.07, 6.45) is 1.48. The summed E-state index contributed by atoms with van der Waals surface area (Å²) in [5, 5.41) is 3.29. The monoisotopic (exact) mass is 462 g/mol. The first-order valence-electron chi connectivity index (χ1n) is 8.74. The van der Waals surface area contributed by atoms with E-state index in [-0.39, 0.29) is 48.6 Å². The molecular weight excluding hydrogens is 442 g/mol. The van der Waals surface area contributed by atoms with Gasteiger partial charge in [0.15, 0.2) is 0 Å². The molecule has 2 rings (SSSR count). The van der Waals surface area contributed by atoms with Crippen molar-refractivity contribution in [2.45, 2.75) is 12.8 Å². The summed E-state index contributed by atoms with van der Waals surface area (Å²) in [5.41, 5.74) is 0.273. The lowest BCUT2D eigenvalue weighted by atomic mass is 10.2. The second-order valence-electron chi connectivity index (χ2n) is 6.19. The predicted molar refractivity (Wildman–Crippen MR) is 113 cm³/mol. The van der Waals surface area contributed by atoms with E-state index in [2.05, 4.69) is 5.32 Å². The van der Waals surface area contributed by atoms with Crippen LogP contribution < -0.4 is 14.4 Å². The maximum atomic E-state index is 12.8. The van der Waals surface area contributed by atoms with Gasteiger partial charge >= 0.3 is 0 Å². The summed E-state index contributed by atoms with van der Waals surface area (Å²) in [5.74, 6) is -0.0888. The molecule has 0 spiro atoms. The average molecular weight is 463 g/mol. The van der Waals surface area contributed by atoms with Gasteiger partial charge in [-0.3, -0.25) is 9.10 Å². The van der Waals surface area contributed by atoms with E-state index in [9.17, 15) is 17.6 Å². The van der Waals surface area contributed by atoms with Crippen molar-refractivity contribution in [3.8, 4) is 5.75 Å². The molecule has 0 saturated carbocycles. The highest BCUT2D eigenvalue weighted by atomic mass is 35.5. The zero-order valence-electron chi connectivity index (χ0n) is 15.7. The third kappa shape index (κ3) is 7.72. The molecule has 0 aliphatic heterocycles. The maximum absolute atomic E-state index is 12.8. The van der Waals surface area contributed by atoms with Crippen LogP contribution in [0.5, 0.6) is 5.75 Å². The predicted octanol–water partition coefficient (Wildman–Crippen LogP) is 3.87. The van der Waals surface area contributed by atoms with E-state index in [1.54, 1.807) is 6.07 Å². The Morgan fingerprint density at radius 2 is 1.86 bits per heavy atom. The van der Waals surface area contributed by atoms with Gasteiger partial charge in [0, 0.05) is 18.0 Å². The Morgan fingerprint density at radius 1 is 1.17 bits per heavy atom. The summed E-state index contributed by atoms with van der Waals surface area (Å²) in [6, 6.07) is 10.1. The first-order valence-corrected chi connectivity index (χ1v) is 11.3. The zero-order valence-corrected chi connectivity index (χ0v) is 18.0. The van der Waals surface area contributed by atoms with Gasteiger partial charge in [0.05, 0.1) is 23.5 Å². The molecule has 2 aromatic carbocycles. The highest BCUT2D eigenvalue weighted by Gasteiger charge is 2.20. The average Bonchev–Trinajstić information content (AvgIpc) is 2.65. The Kier molecular flexibility index (Phi) is 8.55. The number of ether oxygens (including phenoxy) is 1. The molecule has 0 fully saturated rings. The van der Waals surface area contributed by atoms with Gasteiger partial charge < -0.3 is 10.1 Å². The number of anilines is 1. The van der Waals surface area contributed by atoms with E-state index in [0.29, 0.717) is 17.2 Å². The smallest absolute Gasteiger partial charge is 0.232 e. The number of benzene rings is 2. The van der Waals surface area contributed by atoms with E-state index < -0.39 is 10.0 Å². The molecule has 0 heterocycles. The maximum Gasteiger partial charge on any atom is 0.232 e. The Balaban J connectivity index is 1.79. The van der Waals surface area contributed by atoms with Crippen LogP contribution in [0.15, 0.2) is 42.5 Å². The Labute approximate surface area is 179 Å². The molecule has 1 amide bonds. The number of sulfonamides is 1. The molecular formula is C19H21Cl2FN2O4S. The summed E-state index contributed by atoms with van der Waals surface area (Å²) >= 11 is 12.0. The molecule has 0 unspecified atom stereocenters. The van der Waals surface area contributed by atoms with Crippen molar-refractivity contribution in [1.82, 2.24) is 5.32 Å². The molecule has 0 atom stereocenters. The number of amides is 1. The van der Waals surface area contributed by atoms with E-state index in [4.69, 9.17) is 27.9 Å². The number of hydrogen-bond acceptors (Lipinski definition) is 4. The Bertz CT molecular complexity index is 940. The molecule has 0 radical (unpaired) electrons. The van der Waals surface area contributed by atoms with Crippen molar-refractivity contribution in [2.24, 2.45) is 0 Å². The van der Waals surface area contributed by atoms with E-state index in [1.807, 2.05) is 0 Å². The summed E-state index contributed by atoms with van der Waals surface area (Å²) in [7, 11) is -3.60. The van der Waals surface area contributed by atoms with Crippen molar-refractivity contribution in [3.05, 3.63) is 58.3 Å². The fourth-order valence-corrected chi connectivity index (χ4v) is 3.91. The molecule has 0 aromatic heterocycles. The van der Waals surface area contributed by atoms with Crippen LogP contribution in [-0.4, -0.2) is 40.3 Å². The number of nitrogens with zero attached hydrogens (tertiary/aromatic N) is 1. The highest BCUT2D eigenvalue weighted by molar-refractivity contribution is 7.92. The standard InChI is InChI=1S/C19H21Cl2FN2O4S/c1-29(26,27)24(18-13-14(20)4-9-17(18)21)11-2-3-19(25)23-10-12-28-16-7-5-15(22)6-8-16/h4-9,13H,2-3,10-12H2,1H3,(H,23,25). The second kappa shape index (κ2) is 10.7. The number of nitrogens with one attached hydrogen (secondary N) is 1. The lowest BCUT2D eigenvalue weighted by Gasteiger charge is -2.23. The van der Waals surface area contributed by atoms with Gasteiger partial charge in [-0.1, -0.05) is 23.2 Å². The van der Waals surface area contributed by atoms with Crippen molar-refractivity contribution < 1.29 is 22.3 Å². The lowest BCUT2D eigenvalue weighted by molar-refractivity contribution is -0.121. The SMILES string of the molecule is CS(=O)(=O)N(CCCC(=O)NCCOc1ccc(F)cc1)c1cc(Cl)ccc1Cl. The van der Waals surface area contributed by atoms with Crippen LogP contribution in [0.25, 0.3) is 0 Å². The van der Waals surface area contributed by atoms with Gasteiger partial charge in [-0.25, -0.2) is 12.8 Å². The van der Waals surface area contributed by atoms with Gasteiger partial charge in [-0.2, -0.15) is 0 Å². The minimum Gasteiger partial charge on any atom is -0.492 e. The van der Waals surface area contributed by atoms with E-state index in [0.717, 1.165) is 10.6 Å². The zero-order chi connectivity index (χ0) is 21.4. The second-order valence-corrected chi connectivity index (χ2v) is 8.94. The fraction of sp³-hybridized carbons (Fsp3) is 0.316. The molecule has 29 heavy (non-hydrogen) atoms. The van der Waals surface area contributed by atoms with E-state index in [1.165, 1.54) is 36.4 Å². The number of halogens is 3. The molecule has 6 nitrogen and oxygen atoms in total. The molecule has 0 saturated heterocycles. The van der Waals surface area contributed by atoms with Gasteiger partial charge in [-0.15, -0.1) is 0 Å². The minimum atomic E-state index is -3.60. The molecule has 0 bridgehead atoms. The fourth-order valence-electron chi connectivity index (χ4n) is 2.50. The normalized spacial score (nSPS) is 11.2. The third-order valence-electron chi connectivity index (χ3n) is 3.85. The lowest BCUT2D eigenvalue weighted by Crippen LogP contribution is -2.33. The van der Waals surface area contributed by atoms with E-state index >= 15 is 0 Å². The number of carbonyl (C=O) groups excluding carboxylic acids is 1. The Hall–Kier alpha value is -2.03. The van der Waals surface area contributed by atoms with Crippen molar-refractivity contribution in [3.63, 3.8) is 0 Å². The molecule has 1 N–H and O–H groups in total. The van der Waals surface area contributed by atoms with Crippen LogP contribution in [-0.2, 0) is 14.8 Å². The molecule has 0 aliphatic carbocycles. The summed E-state index contributed by atoms with van der Waals surface area (Å²) in [4.78, 5) is 12.0. The largest absolute Gasteiger partial charge is 0.492 e. The van der Waals surface area contributed by atoms with Crippen molar-refractivity contribution >= 4 is 44.8 Å². The van der Waals surface area contributed by atoms with Crippen molar-refractivity contribution in [1.29, 1.82) is 0 Å². The van der Waals surface area contributed by atoms with Crippen LogP contribution in [0.1, 0.15) is 12.8 Å². The highest BCUT2D eigenvalue weighted by Crippen LogP contribution is 2.30. The molecule has 158 valence electrons. The van der Waals surface area contributed by atoms with Gasteiger partial charge in [0.1, 0.15) is 18.2 Å². The number of hydrogen-bond donors (Lipinski definition) is 1. The van der Waals surface area contributed by atoms with Crippen LogP contribution in [0.3, 0.4) is 0 Å².